The average molecular weight is 319 g/mol. The number of carbonyl (C=O) groups is 1. The first-order chi connectivity index (χ1) is 9.82. The molecule has 1 heterocycles. The number of aliphatic hydroxyl groups is 1. The van der Waals surface area contributed by atoms with Gasteiger partial charge >= 0.3 is 6.03 Å². The number of halogens is 3. The van der Waals surface area contributed by atoms with Crippen LogP contribution in [0.2, 0.25) is 5.02 Å². The van der Waals surface area contributed by atoms with Crippen molar-refractivity contribution in [2.24, 2.45) is 0 Å². The number of carbonyl (C=O) groups excluding carboxylic acids is 1. The standard InChI is InChI=1S/C14H17ClF2N2O2/c1-9-2-3-10(15)8-11(9)18-13(20)19-6-4-14(21,5-7-19)12(16)17/h2-3,8,12,21H,4-7H2,1H3,(H,18,20). The minimum Gasteiger partial charge on any atom is -0.384 e. The van der Waals surface area contributed by atoms with Gasteiger partial charge in [0.2, 0.25) is 0 Å². The summed E-state index contributed by atoms with van der Waals surface area (Å²) >= 11 is 5.88. The first kappa shape index (κ1) is 16.0. The van der Waals surface area contributed by atoms with Crippen molar-refractivity contribution in [1.82, 2.24) is 4.90 Å². The Morgan fingerprint density at radius 3 is 2.62 bits per heavy atom. The highest BCUT2D eigenvalue weighted by Crippen LogP contribution is 2.29. The Morgan fingerprint density at radius 1 is 1.43 bits per heavy atom. The Balaban J connectivity index is 1.98. The van der Waals surface area contributed by atoms with Gasteiger partial charge in [0, 0.05) is 23.8 Å². The molecule has 0 bridgehead atoms. The van der Waals surface area contributed by atoms with Crippen LogP contribution < -0.4 is 5.32 Å². The molecule has 21 heavy (non-hydrogen) atoms. The van der Waals surface area contributed by atoms with Crippen LogP contribution in [-0.4, -0.2) is 41.2 Å². The number of nitrogens with one attached hydrogen (secondary N) is 1. The van der Waals surface area contributed by atoms with Crippen molar-refractivity contribution in [3.8, 4) is 0 Å². The number of aryl methyl sites for hydroxylation is 1. The molecule has 1 aromatic rings. The van der Waals surface area contributed by atoms with Gasteiger partial charge in [0.05, 0.1) is 0 Å². The first-order valence-electron chi connectivity index (χ1n) is 6.64. The van der Waals surface area contributed by atoms with E-state index in [9.17, 15) is 18.7 Å². The first-order valence-corrected chi connectivity index (χ1v) is 7.02. The van der Waals surface area contributed by atoms with E-state index in [1.165, 1.54) is 4.90 Å². The molecular formula is C14H17ClF2N2O2. The molecule has 2 amide bonds. The third-order valence-electron chi connectivity index (χ3n) is 3.76. The lowest BCUT2D eigenvalue weighted by Crippen LogP contribution is -2.51. The topological polar surface area (TPSA) is 52.6 Å². The van der Waals surface area contributed by atoms with E-state index in [4.69, 9.17) is 11.6 Å². The van der Waals surface area contributed by atoms with Crippen LogP contribution in [0.4, 0.5) is 19.3 Å². The van der Waals surface area contributed by atoms with Crippen LogP contribution in [-0.2, 0) is 0 Å². The van der Waals surface area contributed by atoms with Crippen LogP contribution in [0, 0.1) is 6.92 Å². The number of anilines is 1. The maximum absolute atomic E-state index is 12.7. The Hall–Kier alpha value is -1.40. The number of hydrogen-bond acceptors (Lipinski definition) is 2. The summed E-state index contributed by atoms with van der Waals surface area (Å²) in [5, 5.41) is 12.9. The quantitative estimate of drug-likeness (QED) is 0.879. The molecule has 1 aromatic carbocycles. The van der Waals surface area contributed by atoms with E-state index < -0.39 is 12.0 Å². The van der Waals surface area contributed by atoms with Gasteiger partial charge in [-0.25, -0.2) is 13.6 Å². The predicted octanol–water partition coefficient (Wildman–Crippen LogP) is 3.27. The van der Waals surface area contributed by atoms with Gasteiger partial charge in [-0.05, 0) is 37.5 Å². The van der Waals surface area contributed by atoms with Gasteiger partial charge in [-0.15, -0.1) is 0 Å². The van der Waals surface area contributed by atoms with E-state index in [1.807, 2.05) is 6.92 Å². The maximum atomic E-state index is 12.7. The summed E-state index contributed by atoms with van der Waals surface area (Å²) in [5.74, 6) is 0. The van der Waals surface area contributed by atoms with E-state index >= 15 is 0 Å². The number of piperidine rings is 1. The minimum atomic E-state index is -2.79. The largest absolute Gasteiger partial charge is 0.384 e. The third-order valence-corrected chi connectivity index (χ3v) is 4.00. The predicted molar refractivity (Wildman–Crippen MR) is 77.0 cm³/mol. The van der Waals surface area contributed by atoms with Crippen molar-refractivity contribution in [3.63, 3.8) is 0 Å². The zero-order valence-electron chi connectivity index (χ0n) is 11.6. The summed E-state index contributed by atoms with van der Waals surface area (Å²) in [7, 11) is 0. The van der Waals surface area contributed by atoms with Gasteiger partial charge in [0.15, 0.2) is 0 Å². The van der Waals surface area contributed by atoms with E-state index in [0.29, 0.717) is 10.7 Å². The smallest absolute Gasteiger partial charge is 0.321 e. The Morgan fingerprint density at radius 2 is 2.05 bits per heavy atom. The molecule has 1 aliphatic heterocycles. The van der Waals surface area contributed by atoms with E-state index in [2.05, 4.69) is 5.32 Å². The molecule has 0 aromatic heterocycles. The van der Waals surface area contributed by atoms with Gasteiger partial charge in [-0.3, -0.25) is 0 Å². The van der Waals surface area contributed by atoms with Crippen molar-refractivity contribution in [1.29, 1.82) is 0 Å². The normalized spacial score (nSPS) is 17.9. The van der Waals surface area contributed by atoms with Crippen LogP contribution in [0.3, 0.4) is 0 Å². The maximum Gasteiger partial charge on any atom is 0.321 e. The number of alkyl halides is 2. The molecule has 1 saturated heterocycles. The molecule has 0 spiro atoms. The fraction of sp³-hybridized carbons (Fsp3) is 0.500. The van der Waals surface area contributed by atoms with Crippen molar-refractivity contribution in [3.05, 3.63) is 28.8 Å². The molecule has 0 atom stereocenters. The van der Waals surface area contributed by atoms with Crippen LogP contribution >= 0.6 is 11.6 Å². The van der Waals surface area contributed by atoms with Gasteiger partial charge < -0.3 is 15.3 Å². The number of nitrogens with zero attached hydrogens (tertiary/aromatic N) is 1. The molecule has 7 heteroatoms. The highest BCUT2D eigenvalue weighted by molar-refractivity contribution is 6.31. The lowest BCUT2D eigenvalue weighted by molar-refractivity contribution is -0.121. The lowest BCUT2D eigenvalue weighted by Gasteiger charge is -2.37. The van der Waals surface area contributed by atoms with Crippen molar-refractivity contribution in [2.75, 3.05) is 18.4 Å². The van der Waals surface area contributed by atoms with Crippen molar-refractivity contribution < 1.29 is 18.7 Å². The molecule has 116 valence electrons. The highest BCUT2D eigenvalue weighted by Gasteiger charge is 2.41. The molecule has 1 aliphatic rings. The highest BCUT2D eigenvalue weighted by atomic mass is 35.5. The second-order valence-electron chi connectivity index (χ2n) is 5.28. The summed E-state index contributed by atoms with van der Waals surface area (Å²) in [5.41, 5.74) is -0.543. The summed E-state index contributed by atoms with van der Waals surface area (Å²) in [6, 6.07) is 4.75. The molecule has 2 N–H and O–H groups in total. The Labute approximate surface area is 126 Å². The Bertz CT molecular complexity index is 532. The van der Waals surface area contributed by atoms with Crippen LogP contribution in [0.5, 0.6) is 0 Å². The summed E-state index contributed by atoms with van der Waals surface area (Å²) in [6.07, 6.45) is -3.06. The lowest BCUT2D eigenvalue weighted by atomic mass is 9.92. The number of urea groups is 1. The van der Waals surface area contributed by atoms with E-state index in [0.717, 1.165) is 5.56 Å². The van der Waals surface area contributed by atoms with Gasteiger partial charge in [0.1, 0.15) is 5.60 Å². The molecule has 0 saturated carbocycles. The number of hydrogen-bond donors (Lipinski definition) is 2. The SMILES string of the molecule is Cc1ccc(Cl)cc1NC(=O)N1CCC(O)(C(F)F)CC1. The molecule has 0 radical (unpaired) electrons. The summed E-state index contributed by atoms with van der Waals surface area (Å²) < 4.78 is 25.4. The monoisotopic (exact) mass is 318 g/mol. The molecule has 0 unspecified atom stereocenters. The molecule has 4 nitrogen and oxygen atoms in total. The van der Waals surface area contributed by atoms with Crippen molar-refractivity contribution in [2.45, 2.75) is 31.8 Å². The number of likely N-dealkylation sites (tertiary alicyclic amines) is 1. The second-order valence-corrected chi connectivity index (χ2v) is 5.72. The minimum absolute atomic E-state index is 0.0896. The number of rotatable bonds is 2. The van der Waals surface area contributed by atoms with Gasteiger partial charge in [-0.1, -0.05) is 17.7 Å². The number of amides is 2. The second kappa shape index (κ2) is 6.15. The van der Waals surface area contributed by atoms with Crippen LogP contribution in [0.25, 0.3) is 0 Å². The molecule has 2 rings (SSSR count). The zero-order valence-corrected chi connectivity index (χ0v) is 12.3. The summed E-state index contributed by atoms with van der Waals surface area (Å²) in [4.78, 5) is 13.5. The fourth-order valence-corrected chi connectivity index (χ4v) is 2.41. The fourth-order valence-electron chi connectivity index (χ4n) is 2.24. The summed E-state index contributed by atoms with van der Waals surface area (Å²) in [6.45, 7) is 2.01. The third kappa shape index (κ3) is 3.63. The Kier molecular flexibility index (Phi) is 4.68. The van der Waals surface area contributed by atoms with Gasteiger partial charge in [0.25, 0.3) is 6.43 Å². The average Bonchev–Trinajstić information content (AvgIpc) is 2.43. The molecule has 1 fully saturated rings. The molecular weight excluding hydrogens is 302 g/mol. The zero-order chi connectivity index (χ0) is 15.6. The molecule has 0 aliphatic carbocycles. The van der Waals surface area contributed by atoms with Crippen molar-refractivity contribution >= 4 is 23.3 Å². The van der Waals surface area contributed by atoms with Gasteiger partial charge in [-0.2, -0.15) is 0 Å². The van der Waals surface area contributed by atoms with E-state index in [-0.39, 0.29) is 32.0 Å². The van der Waals surface area contributed by atoms with E-state index in [1.54, 1.807) is 18.2 Å². The number of benzene rings is 1. The van der Waals surface area contributed by atoms with Crippen LogP contribution in [0.1, 0.15) is 18.4 Å². The van der Waals surface area contributed by atoms with Crippen LogP contribution in [0.15, 0.2) is 18.2 Å².